The molecule has 7 heteroatoms. The summed E-state index contributed by atoms with van der Waals surface area (Å²) in [5.41, 5.74) is 2.47. The second-order valence-corrected chi connectivity index (χ2v) is 6.20. The molecule has 1 amide bonds. The van der Waals surface area contributed by atoms with E-state index in [1.54, 1.807) is 24.3 Å². The number of carbonyl (C=O) groups is 2. The van der Waals surface area contributed by atoms with Crippen LogP contribution in [0.25, 0.3) is 0 Å². The molecule has 3 rings (SSSR count). The second kappa shape index (κ2) is 9.17. The van der Waals surface area contributed by atoms with E-state index in [0.717, 1.165) is 5.56 Å². The van der Waals surface area contributed by atoms with Gasteiger partial charge < -0.3 is 15.3 Å². The van der Waals surface area contributed by atoms with E-state index in [2.05, 4.69) is 10.5 Å². The van der Waals surface area contributed by atoms with Crippen LogP contribution in [0.4, 0.5) is 5.69 Å². The molecule has 0 aliphatic carbocycles. The molecule has 0 saturated carbocycles. The zero-order chi connectivity index (χ0) is 21.5. The number of aromatic carboxylic acids is 1. The Bertz CT molecular complexity index is 1160. The number of rotatable bonds is 6. The fraction of sp³-hybridized carbons (Fsp3) is 0.0435. The average molecular weight is 399 g/mol. The van der Waals surface area contributed by atoms with Crippen molar-refractivity contribution in [2.75, 3.05) is 12.4 Å². The molecule has 0 aromatic heterocycles. The fourth-order valence-electron chi connectivity index (χ4n) is 2.86. The van der Waals surface area contributed by atoms with Crippen LogP contribution in [0.15, 0.2) is 78.0 Å². The molecule has 0 atom stereocenters. The Morgan fingerprint density at radius 1 is 0.967 bits per heavy atom. The van der Waals surface area contributed by atoms with Gasteiger partial charge in [0.25, 0.3) is 5.91 Å². The van der Waals surface area contributed by atoms with E-state index < -0.39 is 11.9 Å². The summed E-state index contributed by atoms with van der Waals surface area (Å²) in [5.74, 6) is -1.73. The van der Waals surface area contributed by atoms with Gasteiger partial charge in [-0.2, -0.15) is 5.26 Å². The summed E-state index contributed by atoms with van der Waals surface area (Å²) in [7, 11) is 1.44. The number of hydrogen-bond donors (Lipinski definition) is 2. The minimum Gasteiger partial charge on any atom is -0.478 e. The summed E-state index contributed by atoms with van der Waals surface area (Å²) >= 11 is 0. The Morgan fingerprint density at radius 2 is 1.67 bits per heavy atom. The topological polar surface area (TPSA) is 112 Å². The number of oxime groups is 1. The Balaban J connectivity index is 1.93. The molecule has 7 nitrogen and oxygen atoms in total. The van der Waals surface area contributed by atoms with E-state index in [1.807, 2.05) is 36.4 Å². The molecule has 0 saturated heterocycles. The van der Waals surface area contributed by atoms with Gasteiger partial charge in [-0.05, 0) is 30.3 Å². The maximum atomic E-state index is 12.8. The highest BCUT2D eigenvalue weighted by Gasteiger charge is 2.16. The van der Waals surface area contributed by atoms with Crippen molar-refractivity contribution in [3.05, 3.63) is 101 Å². The van der Waals surface area contributed by atoms with Crippen LogP contribution in [0.2, 0.25) is 0 Å². The zero-order valence-corrected chi connectivity index (χ0v) is 16.0. The highest BCUT2D eigenvalue weighted by Crippen LogP contribution is 2.20. The molecule has 0 unspecified atom stereocenters. The molecule has 3 aromatic carbocycles. The van der Waals surface area contributed by atoms with E-state index >= 15 is 0 Å². The number of nitriles is 1. The molecule has 0 bridgehead atoms. The molecule has 148 valence electrons. The smallest absolute Gasteiger partial charge is 0.337 e. The number of carboxylic acid groups (broad SMARTS) is 1. The van der Waals surface area contributed by atoms with Gasteiger partial charge in [-0.15, -0.1) is 0 Å². The first-order valence-corrected chi connectivity index (χ1v) is 8.89. The van der Waals surface area contributed by atoms with Crippen LogP contribution in [0.3, 0.4) is 0 Å². The van der Waals surface area contributed by atoms with Crippen molar-refractivity contribution < 1.29 is 19.5 Å². The van der Waals surface area contributed by atoms with Crippen molar-refractivity contribution in [3.63, 3.8) is 0 Å². The zero-order valence-electron chi connectivity index (χ0n) is 16.0. The van der Waals surface area contributed by atoms with Gasteiger partial charge in [-0.25, -0.2) is 4.79 Å². The maximum Gasteiger partial charge on any atom is 0.337 e. The molecule has 0 spiro atoms. The molecule has 3 aromatic rings. The van der Waals surface area contributed by atoms with Gasteiger partial charge in [0, 0.05) is 16.7 Å². The van der Waals surface area contributed by atoms with E-state index in [9.17, 15) is 14.7 Å². The predicted molar refractivity (Wildman–Crippen MR) is 112 cm³/mol. The van der Waals surface area contributed by atoms with Crippen molar-refractivity contribution in [1.29, 1.82) is 5.26 Å². The summed E-state index contributed by atoms with van der Waals surface area (Å²) < 4.78 is 0. The van der Waals surface area contributed by atoms with Crippen LogP contribution < -0.4 is 5.32 Å². The molecular formula is C23H17N3O4. The standard InChI is InChI=1S/C23H17N3O4/c1-30-26-21(16-6-3-2-4-7-16)17-8-5-9-18(13-17)22(27)25-20-11-10-15(14-24)12-19(20)23(28)29/h2-13H,1H3,(H,25,27)(H,28,29)/b26-21+. The number of carboxylic acids is 1. The van der Waals surface area contributed by atoms with Crippen LogP contribution in [0, 0.1) is 11.3 Å². The van der Waals surface area contributed by atoms with Gasteiger partial charge in [0.2, 0.25) is 0 Å². The summed E-state index contributed by atoms with van der Waals surface area (Å²) in [6.07, 6.45) is 0. The van der Waals surface area contributed by atoms with Crippen molar-refractivity contribution in [2.24, 2.45) is 5.16 Å². The lowest BCUT2D eigenvalue weighted by atomic mass is 10.00. The van der Waals surface area contributed by atoms with E-state index in [0.29, 0.717) is 16.8 Å². The van der Waals surface area contributed by atoms with Crippen LogP contribution in [0.5, 0.6) is 0 Å². The largest absolute Gasteiger partial charge is 0.478 e. The van der Waals surface area contributed by atoms with Gasteiger partial charge in [-0.1, -0.05) is 47.6 Å². The third-order valence-corrected chi connectivity index (χ3v) is 4.26. The minimum atomic E-state index is -1.24. The van der Waals surface area contributed by atoms with Gasteiger partial charge >= 0.3 is 5.97 Å². The first-order valence-electron chi connectivity index (χ1n) is 8.89. The van der Waals surface area contributed by atoms with Crippen molar-refractivity contribution in [1.82, 2.24) is 0 Å². The maximum absolute atomic E-state index is 12.8. The van der Waals surface area contributed by atoms with Gasteiger partial charge in [-0.3, -0.25) is 4.79 Å². The molecule has 2 N–H and O–H groups in total. The monoisotopic (exact) mass is 399 g/mol. The predicted octanol–water partition coefficient (Wildman–Crippen LogP) is 3.91. The van der Waals surface area contributed by atoms with Gasteiger partial charge in [0.05, 0.1) is 22.9 Å². The first-order chi connectivity index (χ1) is 14.5. The highest BCUT2D eigenvalue weighted by atomic mass is 16.6. The Morgan fingerprint density at radius 3 is 2.33 bits per heavy atom. The van der Waals surface area contributed by atoms with Crippen LogP contribution in [-0.2, 0) is 4.84 Å². The third-order valence-electron chi connectivity index (χ3n) is 4.26. The fourth-order valence-corrected chi connectivity index (χ4v) is 2.86. The normalized spacial score (nSPS) is 10.7. The molecule has 0 radical (unpaired) electrons. The number of amides is 1. The summed E-state index contributed by atoms with van der Waals surface area (Å²) in [4.78, 5) is 29.2. The van der Waals surface area contributed by atoms with Crippen molar-refractivity contribution >= 4 is 23.3 Å². The number of hydrogen-bond acceptors (Lipinski definition) is 5. The number of nitrogens with zero attached hydrogens (tertiary/aromatic N) is 2. The lowest BCUT2D eigenvalue weighted by Gasteiger charge is -2.11. The summed E-state index contributed by atoms with van der Waals surface area (Å²) in [6, 6.07) is 22.1. The molecule has 0 fully saturated rings. The lowest BCUT2D eigenvalue weighted by Crippen LogP contribution is -2.16. The summed E-state index contributed by atoms with van der Waals surface area (Å²) in [6.45, 7) is 0. The Labute approximate surface area is 172 Å². The Hall–Kier alpha value is -4.44. The van der Waals surface area contributed by atoms with Crippen LogP contribution >= 0.6 is 0 Å². The quantitative estimate of drug-likeness (QED) is 0.482. The summed E-state index contributed by atoms with van der Waals surface area (Å²) in [5, 5.41) is 25.0. The molecule has 0 aliphatic rings. The van der Waals surface area contributed by atoms with Gasteiger partial charge in [0.15, 0.2) is 0 Å². The van der Waals surface area contributed by atoms with Gasteiger partial charge in [0.1, 0.15) is 12.8 Å². The lowest BCUT2D eigenvalue weighted by molar-refractivity contribution is 0.0698. The van der Waals surface area contributed by atoms with Crippen molar-refractivity contribution in [3.8, 4) is 6.07 Å². The van der Waals surface area contributed by atoms with E-state index in [1.165, 1.54) is 25.3 Å². The number of anilines is 1. The van der Waals surface area contributed by atoms with Crippen LogP contribution in [0.1, 0.15) is 37.4 Å². The average Bonchev–Trinajstić information content (AvgIpc) is 2.78. The molecule has 0 aliphatic heterocycles. The number of benzene rings is 3. The number of carbonyl (C=O) groups excluding carboxylic acids is 1. The highest BCUT2D eigenvalue weighted by molar-refractivity contribution is 6.14. The second-order valence-electron chi connectivity index (χ2n) is 6.20. The molecular weight excluding hydrogens is 382 g/mol. The van der Waals surface area contributed by atoms with E-state index in [4.69, 9.17) is 10.1 Å². The SMILES string of the molecule is CO/N=C(\c1ccccc1)c1cccc(C(=O)Nc2ccc(C#N)cc2C(=O)O)c1. The third kappa shape index (κ3) is 4.51. The minimum absolute atomic E-state index is 0.103. The van der Waals surface area contributed by atoms with E-state index in [-0.39, 0.29) is 16.8 Å². The molecule has 30 heavy (non-hydrogen) atoms. The number of nitrogens with one attached hydrogen (secondary N) is 1. The first kappa shape index (κ1) is 20.3. The Kier molecular flexibility index (Phi) is 6.20. The van der Waals surface area contributed by atoms with Crippen LogP contribution in [-0.4, -0.2) is 29.8 Å². The molecule has 0 heterocycles. The van der Waals surface area contributed by atoms with Crippen molar-refractivity contribution in [2.45, 2.75) is 0 Å².